The Morgan fingerprint density at radius 1 is 1.38 bits per heavy atom. The van der Waals surface area contributed by atoms with Crippen LogP contribution >= 0.6 is 0 Å². The normalized spacial score (nSPS) is 9.00. The Morgan fingerprint density at radius 2 is 1.88 bits per heavy atom. The Labute approximate surface area is 55.5 Å². The van der Waals surface area contributed by atoms with Gasteiger partial charge in [0, 0.05) is 0 Å². The van der Waals surface area contributed by atoms with Crippen LogP contribution in [0.1, 0.15) is 0 Å². The van der Waals surface area contributed by atoms with Gasteiger partial charge in [0.05, 0.1) is 0 Å². The summed E-state index contributed by atoms with van der Waals surface area (Å²) in [6.45, 7) is 3.81. The van der Waals surface area contributed by atoms with Gasteiger partial charge in [-0.2, -0.15) is 0 Å². The van der Waals surface area contributed by atoms with Crippen LogP contribution in [-0.4, -0.2) is 54.8 Å². The van der Waals surface area contributed by atoms with Gasteiger partial charge in [-0.25, -0.2) is 0 Å². The molecule has 0 fully saturated rings. The monoisotopic (exact) mass is 96.1 g/mol. The zero-order valence-corrected chi connectivity index (χ0v) is 5.57. The third-order valence-electron chi connectivity index (χ3n) is 0.796. The van der Waals surface area contributed by atoms with Crippen LogP contribution in [0.5, 0.6) is 0 Å². The Morgan fingerprint density at radius 3 is 2.00 bits per heavy atom. The minimum atomic E-state index is 1.07. The van der Waals surface area contributed by atoms with Crippen molar-refractivity contribution in [3.63, 3.8) is 0 Å². The van der Waals surface area contributed by atoms with E-state index in [4.69, 9.17) is 0 Å². The van der Waals surface area contributed by atoms with E-state index >= 15 is 0 Å². The van der Waals surface area contributed by atoms with Gasteiger partial charge in [0.25, 0.3) is 0 Å². The maximum absolute atomic E-state index is 3.72. The van der Waals surface area contributed by atoms with E-state index in [9.17, 15) is 0 Å². The Bertz CT molecular complexity index is 133. The van der Waals surface area contributed by atoms with Gasteiger partial charge in [-0.05, 0) is 0 Å². The predicted octanol–water partition coefficient (Wildman–Crippen LogP) is -4.45. The fourth-order valence-electron chi connectivity index (χ4n) is 0.448. The molecule has 0 nitrogen and oxygen atoms in total. The fourth-order valence-corrected chi connectivity index (χ4v) is 0.448. The molecule has 8 heavy (non-hydrogen) atoms. The van der Waals surface area contributed by atoms with E-state index in [0.29, 0.717) is 0 Å². The first-order valence-corrected chi connectivity index (χ1v) is 2.63. The Kier molecular flexibility index (Phi) is 4.12. The van der Waals surface area contributed by atoms with E-state index in [1.165, 1.54) is 0 Å². The summed E-state index contributed by atoms with van der Waals surface area (Å²) in [5, 5.41) is 2.24. The first kappa shape index (κ1) is 8.13. The number of rotatable bonds is 2. The minimum absolute atomic E-state index is 1.07. The summed E-state index contributed by atoms with van der Waals surface area (Å²) >= 11 is 0. The topological polar surface area (TPSA) is 0 Å². The molecule has 0 radical (unpaired) electrons. The van der Waals surface area contributed by atoms with Gasteiger partial charge in [0.1, 0.15) is 0 Å². The van der Waals surface area contributed by atoms with Crippen LogP contribution in [0.25, 0.3) is 0 Å². The second-order valence-corrected chi connectivity index (χ2v) is 1.94. The third-order valence-corrected chi connectivity index (χ3v) is 0.796. The zero-order chi connectivity index (χ0) is 6.57. The number of hydrogen-bond donors (Lipinski definition) is 0. The molecule has 0 aliphatic rings. The molecule has 0 bridgehead atoms. The fraction of sp³-hybridized carbons (Fsp3) is 0. The van der Waals surface area contributed by atoms with Crippen LogP contribution in [0.4, 0.5) is 0 Å². The van der Waals surface area contributed by atoms with Crippen molar-refractivity contribution in [2.24, 2.45) is 0 Å². The quantitative estimate of drug-likeness (QED) is 0.303. The van der Waals surface area contributed by atoms with Crippen molar-refractivity contribution in [2.75, 3.05) is 0 Å². The van der Waals surface area contributed by atoms with Gasteiger partial charge < -0.3 is 0 Å². The molecule has 0 N–H and O–H groups in total. The van der Waals surface area contributed by atoms with Gasteiger partial charge in [0.2, 0.25) is 0 Å². The molecule has 0 saturated carbocycles. The van der Waals surface area contributed by atoms with Crippen molar-refractivity contribution < 1.29 is 0 Å². The van der Waals surface area contributed by atoms with Crippen molar-refractivity contribution in [3.8, 4) is 0 Å². The van der Waals surface area contributed by atoms with E-state index in [2.05, 4.69) is 14.9 Å². The molecular formula is C2H6B6. The molecule has 0 saturated heterocycles. The molecule has 0 aromatic carbocycles. The summed E-state index contributed by atoms with van der Waals surface area (Å²) in [6, 6.07) is 0. The molecule has 0 heterocycles. The van der Waals surface area contributed by atoms with Crippen LogP contribution in [0.15, 0.2) is 0 Å². The average Bonchev–Trinajstić information content (AvgIpc) is 1.65. The molecule has 0 aliphatic carbocycles. The van der Waals surface area contributed by atoms with Crippen LogP contribution in [0, 0.1) is 0 Å². The zero-order valence-electron chi connectivity index (χ0n) is 5.57. The second kappa shape index (κ2) is 4.05. The van der Waals surface area contributed by atoms with E-state index in [1.54, 1.807) is 0 Å². The summed E-state index contributed by atoms with van der Waals surface area (Å²) in [7, 11) is 11.3. The van der Waals surface area contributed by atoms with Gasteiger partial charge >= 0.3 is 54.8 Å². The molecule has 6 heteroatoms. The molecule has 0 aromatic rings. The molecule has 0 unspecified atom stereocenters. The van der Waals surface area contributed by atoms with Gasteiger partial charge in [0.15, 0.2) is 0 Å². The van der Waals surface area contributed by atoms with Crippen LogP contribution in [0.3, 0.4) is 0 Å². The molecule has 32 valence electrons. The molecule has 0 aliphatic heterocycles. The van der Waals surface area contributed by atoms with Crippen molar-refractivity contribution in [3.05, 3.63) is 0 Å². The van der Waals surface area contributed by atoms with E-state index in [1.807, 2.05) is 29.4 Å². The average molecular weight is 94.9 g/mol. The first-order valence-electron chi connectivity index (χ1n) is 2.63. The molecule has 0 aromatic heterocycles. The van der Waals surface area contributed by atoms with Crippen molar-refractivity contribution in [2.45, 2.75) is 0 Å². The second-order valence-electron chi connectivity index (χ2n) is 1.94. The predicted molar refractivity (Wildman–Crippen MR) is 52.9 cm³/mol. The Balaban J connectivity index is 3.94. The van der Waals surface area contributed by atoms with Crippen LogP contribution in [0.2, 0.25) is 0 Å². The van der Waals surface area contributed by atoms with Crippen molar-refractivity contribution in [1.29, 1.82) is 0 Å². The maximum atomic E-state index is 3.72. The van der Waals surface area contributed by atoms with Crippen LogP contribution in [-0.2, 0) is 0 Å². The summed E-state index contributed by atoms with van der Waals surface area (Å²) in [4.78, 5) is 0. The summed E-state index contributed by atoms with van der Waals surface area (Å²) in [5.74, 6) is 0. The molecular weight excluding hydrogens is 88.9 g/mol. The Hall–Kier alpha value is 0.130. The third kappa shape index (κ3) is 4.29. The first-order chi connectivity index (χ1) is 3.66. The van der Waals surface area contributed by atoms with Crippen LogP contribution < -0.4 is 0 Å². The van der Waals surface area contributed by atoms with Crippen molar-refractivity contribution in [1.82, 2.24) is 0 Å². The van der Waals surface area contributed by atoms with Gasteiger partial charge in [-0.3, -0.25) is 0 Å². The summed E-state index contributed by atoms with van der Waals surface area (Å²) in [6.07, 6.45) is 0. The SMILES string of the molecule is B=B/C(B)=B/C(=B)B. The molecule has 0 spiro atoms. The van der Waals surface area contributed by atoms with Gasteiger partial charge in [-0.15, -0.1) is 0 Å². The van der Waals surface area contributed by atoms with Gasteiger partial charge in [-0.1, -0.05) is 0 Å². The molecule has 0 amide bonds. The van der Waals surface area contributed by atoms with Crippen molar-refractivity contribution >= 4 is 54.8 Å². The van der Waals surface area contributed by atoms with E-state index < -0.39 is 0 Å². The van der Waals surface area contributed by atoms with E-state index in [0.717, 1.165) is 10.5 Å². The summed E-state index contributed by atoms with van der Waals surface area (Å²) < 4.78 is 0. The molecule has 0 rings (SSSR count). The number of hydrogen-bond acceptors (Lipinski definition) is 0. The molecule has 0 atom stereocenters. The summed E-state index contributed by atoms with van der Waals surface area (Å²) in [5.41, 5.74) is 0. The standard InChI is InChI=1S/C2H6B6/c3-1(4)7-2(5)8-6/h3,6H,4-5H2. The van der Waals surface area contributed by atoms with E-state index in [-0.39, 0.29) is 0 Å².